The first-order valence-electron chi connectivity index (χ1n) is 14.4. The van der Waals surface area contributed by atoms with Crippen molar-refractivity contribution in [3.8, 4) is 11.3 Å². The van der Waals surface area contributed by atoms with Crippen LogP contribution in [0.25, 0.3) is 22.3 Å². The minimum absolute atomic E-state index is 0.338. The van der Waals surface area contributed by atoms with Crippen LogP contribution in [0, 0.1) is 5.92 Å². The highest BCUT2D eigenvalue weighted by Crippen LogP contribution is 2.31. The summed E-state index contributed by atoms with van der Waals surface area (Å²) in [6.45, 7) is 5.10. The molecule has 1 saturated carbocycles. The second-order valence-corrected chi connectivity index (χ2v) is 10.9. The van der Waals surface area contributed by atoms with Gasteiger partial charge in [0.15, 0.2) is 5.65 Å². The fourth-order valence-electron chi connectivity index (χ4n) is 5.79. The van der Waals surface area contributed by atoms with Gasteiger partial charge in [0.2, 0.25) is 5.95 Å². The van der Waals surface area contributed by atoms with Gasteiger partial charge in [0, 0.05) is 49.7 Å². The summed E-state index contributed by atoms with van der Waals surface area (Å²) in [5.41, 5.74) is 11.7. The highest BCUT2D eigenvalue weighted by Gasteiger charge is 2.22. The second-order valence-electron chi connectivity index (χ2n) is 10.9. The lowest BCUT2D eigenvalue weighted by Crippen LogP contribution is -2.36. The zero-order valence-electron chi connectivity index (χ0n) is 22.6. The Morgan fingerprint density at radius 3 is 2.49 bits per heavy atom. The smallest absolute Gasteiger partial charge is 0.224 e. The van der Waals surface area contributed by atoms with Crippen LogP contribution in [0.3, 0.4) is 0 Å². The topological polar surface area (TPSA) is 94.1 Å². The van der Waals surface area contributed by atoms with E-state index in [1.807, 2.05) is 6.20 Å². The van der Waals surface area contributed by atoms with Crippen LogP contribution in [0.2, 0.25) is 0 Å². The molecule has 1 aliphatic heterocycles. The van der Waals surface area contributed by atoms with Crippen LogP contribution >= 0.6 is 0 Å². The Bertz CT molecular complexity index is 1340. The third-order valence-electron chi connectivity index (χ3n) is 8.10. The fourth-order valence-corrected chi connectivity index (χ4v) is 5.79. The number of anilines is 2. The van der Waals surface area contributed by atoms with Crippen LogP contribution in [0.1, 0.15) is 37.7 Å². The molecular formula is C31H39N7O. The molecule has 2 fully saturated rings. The van der Waals surface area contributed by atoms with Crippen LogP contribution in [-0.2, 0) is 17.7 Å². The molecule has 0 unspecified atom stereocenters. The molecule has 8 heteroatoms. The van der Waals surface area contributed by atoms with Crippen molar-refractivity contribution in [1.29, 1.82) is 0 Å². The van der Waals surface area contributed by atoms with Gasteiger partial charge < -0.3 is 20.7 Å². The van der Waals surface area contributed by atoms with Crippen LogP contribution < -0.4 is 16.0 Å². The van der Waals surface area contributed by atoms with Gasteiger partial charge in [-0.2, -0.15) is 10.1 Å². The van der Waals surface area contributed by atoms with E-state index < -0.39 is 0 Å². The Balaban J connectivity index is 1.22. The number of aryl methyl sites for hydroxylation is 1. The predicted octanol–water partition coefficient (Wildman–Crippen LogP) is 4.89. The average Bonchev–Trinajstić information content (AvgIpc) is 3.35. The minimum atomic E-state index is 0.338. The quantitative estimate of drug-likeness (QED) is 0.301. The van der Waals surface area contributed by atoms with E-state index in [4.69, 9.17) is 20.6 Å². The Kier molecular flexibility index (Phi) is 8.02. The van der Waals surface area contributed by atoms with E-state index in [2.05, 4.69) is 74.5 Å². The molecule has 0 spiro atoms. The Hall–Kier alpha value is -3.49. The Morgan fingerprint density at radius 2 is 1.72 bits per heavy atom. The first kappa shape index (κ1) is 25.8. The average molecular weight is 526 g/mol. The number of morpholine rings is 1. The molecule has 204 valence electrons. The van der Waals surface area contributed by atoms with E-state index in [-0.39, 0.29) is 0 Å². The first-order chi connectivity index (χ1) is 19.2. The van der Waals surface area contributed by atoms with Crippen molar-refractivity contribution in [2.45, 2.75) is 51.1 Å². The van der Waals surface area contributed by atoms with Gasteiger partial charge in [0.1, 0.15) is 5.69 Å². The maximum atomic E-state index is 6.18. The van der Waals surface area contributed by atoms with Crippen molar-refractivity contribution in [3.63, 3.8) is 0 Å². The summed E-state index contributed by atoms with van der Waals surface area (Å²) in [4.78, 5) is 12.0. The molecule has 3 N–H and O–H groups in total. The van der Waals surface area contributed by atoms with Gasteiger partial charge in [-0.25, -0.2) is 9.67 Å². The largest absolute Gasteiger partial charge is 0.378 e. The summed E-state index contributed by atoms with van der Waals surface area (Å²) in [7, 11) is 0. The van der Waals surface area contributed by atoms with Crippen LogP contribution in [-0.4, -0.2) is 58.6 Å². The van der Waals surface area contributed by atoms with E-state index in [0.717, 1.165) is 100 Å². The number of ether oxygens (including phenoxy) is 1. The molecule has 0 bridgehead atoms. The SMILES string of the molecule is N[C@H]1CC[C@H](Cn2nc(-c3ccc(N4CCOCC4)cc3)c3cnc(NCCCc4ccccc4)nc32)CC1. The van der Waals surface area contributed by atoms with Crippen LogP contribution in [0.15, 0.2) is 60.8 Å². The number of nitrogens with one attached hydrogen (secondary N) is 1. The molecule has 3 heterocycles. The second kappa shape index (κ2) is 12.1. The van der Waals surface area contributed by atoms with E-state index in [1.165, 1.54) is 11.3 Å². The molecule has 0 atom stereocenters. The zero-order valence-corrected chi connectivity index (χ0v) is 22.6. The van der Waals surface area contributed by atoms with Crippen molar-refractivity contribution in [1.82, 2.24) is 19.7 Å². The zero-order chi connectivity index (χ0) is 26.4. The Labute approximate surface area is 230 Å². The molecule has 1 aliphatic carbocycles. The highest BCUT2D eigenvalue weighted by molar-refractivity contribution is 5.91. The molecular weight excluding hydrogens is 486 g/mol. The van der Waals surface area contributed by atoms with Crippen molar-refractivity contribution >= 4 is 22.7 Å². The summed E-state index contributed by atoms with van der Waals surface area (Å²) in [6, 6.07) is 19.7. The van der Waals surface area contributed by atoms with E-state index in [9.17, 15) is 0 Å². The van der Waals surface area contributed by atoms with Gasteiger partial charge in [-0.05, 0) is 62.1 Å². The van der Waals surface area contributed by atoms with E-state index in [0.29, 0.717) is 17.9 Å². The molecule has 8 nitrogen and oxygen atoms in total. The summed E-state index contributed by atoms with van der Waals surface area (Å²) in [6.07, 6.45) is 8.44. The van der Waals surface area contributed by atoms with Gasteiger partial charge >= 0.3 is 0 Å². The third kappa shape index (κ3) is 6.23. The molecule has 2 aromatic carbocycles. The molecule has 6 rings (SSSR count). The molecule has 1 saturated heterocycles. The number of hydrogen-bond acceptors (Lipinski definition) is 7. The van der Waals surface area contributed by atoms with E-state index in [1.54, 1.807) is 0 Å². The standard InChI is InChI=1S/C31H39N7O/c32-26-12-8-24(9-13-26)22-38-30-28(21-34-31(35-30)33-16-4-7-23-5-2-1-3-6-23)29(36-38)25-10-14-27(15-11-25)37-17-19-39-20-18-37/h1-3,5-6,10-11,14-15,21,24,26H,4,7-9,12-13,16-20,22,32H2,(H,33,34,35)/t24-,26-. The maximum Gasteiger partial charge on any atom is 0.224 e. The molecule has 39 heavy (non-hydrogen) atoms. The Morgan fingerprint density at radius 1 is 0.949 bits per heavy atom. The highest BCUT2D eigenvalue weighted by atomic mass is 16.5. The summed E-state index contributed by atoms with van der Waals surface area (Å²) < 4.78 is 7.62. The third-order valence-corrected chi connectivity index (χ3v) is 8.10. The number of nitrogens with zero attached hydrogens (tertiary/aromatic N) is 5. The van der Waals surface area contributed by atoms with Gasteiger partial charge in [0.05, 0.1) is 18.6 Å². The number of fused-ring (bicyclic) bond motifs is 1. The molecule has 0 amide bonds. The normalized spacial score (nSPS) is 19.9. The summed E-state index contributed by atoms with van der Waals surface area (Å²) >= 11 is 0. The lowest BCUT2D eigenvalue weighted by molar-refractivity contribution is 0.122. The molecule has 0 radical (unpaired) electrons. The van der Waals surface area contributed by atoms with Gasteiger partial charge in [0.25, 0.3) is 0 Å². The van der Waals surface area contributed by atoms with Crippen LogP contribution in [0.4, 0.5) is 11.6 Å². The van der Waals surface area contributed by atoms with Crippen molar-refractivity contribution < 1.29 is 4.74 Å². The monoisotopic (exact) mass is 525 g/mol. The lowest BCUT2D eigenvalue weighted by Gasteiger charge is -2.28. The summed E-state index contributed by atoms with van der Waals surface area (Å²) in [5.74, 6) is 1.23. The van der Waals surface area contributed by atoms with E-state index >= 15 is 0 Å². The molecule has 4 aromatic rings. The maximum absolute atomic E-state index is 6.18. The lowest BCUT2D eigenvalue weighted by atomic mass is 9.86. The van der Waals surface area contributed by atoms with Crippen molar-refractivity contribution in [3.05, 3.63) is 66.4 Å². The van der Waals surface area contributed by atoms with Gasteiger partial charge in [-0.3, -0.25) is 0 Å². The first-order valence-corrected chi connectivity index (χ1v) is 14.4. The van der Waals surface area contributed by atoms with Crippen molar-refractivity contribution in [2.24, 2.45) is 11.7 Å². The number of benzene rings is 2. The molecule has 2 aliphatic rings. The minimum Gasteiger partial charge on any atom is -0.378 e. The fraction of sp³-hybridized carbons (Fsp3) is 0.452. The number of aromatic nitrogens is 4. The summed E-state index contributed by atoms with van der Waals surface area (Å²) in [5, 5.41) is 9.55. The predicted molar refractivity (Wildman–Crippen MR) is 157 cm³/mol. The number of rotatable bonds is 9. The van der Waals surface area contributed by atoms with Gasteiger partial charge in [-0.15, -0.1) is 0 Å². The molecule has 2 aromatic heterocycles. The number of nitrogens with two attached hydrogens (primary N) is 1. The van der Waals surface area contributed by atoms with Gasteiger partial charge in [-0.1, -0.05) is 42.5 Å². The van der Waals surface area contributed by atoms with Crippen LogP contribution in [0.5, 0.6) is 0 Å². The number of hydrogen-bond donors (Lipinski definition) is 2. The van der Waals surface area contributed by atoms with Crippen molar-refractivity contribution in [2.75, 3.05) is 43.1 Å².